The second-order valence-corrected chi connectivity index (χ2v) is 4.37. The zero-order valence-corrected chi connectivity index (χ0v) is 11.7. The Morgan fingerprint density at radius 2 is 2.06 bits per heavy atom. The molecule has 0 unspecified atom stereocenters. The van der Waals surface area contributed by atoms with Crippen molar-refractivity contribution in [3.63, 3.8) is 0 Å². The smallest absolute Gasteiger partial charge is 0.161 e. The van der Waals surface area contributed by atoms with Crippen LogP contribution in [0.2, 0.25) is 0 Å². The first-order valence-electron chi connectivity index (χ1n) is 6.34. The van der Waals surface area contributed by atoms with E-state index in [-0.39, 0.29) is 0 Å². The number of hydrogen-bond acceptors (Lipinski definition) is 3. The van der Waals surface area contributed by atoms with Crippen molar-refractivity contribution in [2.45, 2.75) is 26.8 Å². The van der Waals surface area contributed by atoms with Gasteiger partial charge < -0.3 is 14.8 Å². The highest BCUT2D eigenvalue weighted by molar-refractivity contribution is 5.55. The van der Waals surface area contributed by atoms with Crippen molar-refractivity contribution in [2.75, 3.05) is 20.3 Å². The largest absolute Gasteiger partial charge is 0.493 e. The Morgan fingerprint density at radius 3 is 2.67 bits per heavy atom. The molecule has 3 nitrogen and oxygen atoms in total. The average Bonchev–Trinajstić information content (AvgIpc) is 2.35. The van der Waals surface area contributed by atoms with Gasteiger partial charge in [-0.25, -0.2) is 0 Å². The van der Waals surface area contributed by atoms with Gasteiger partial charge in [0.2, 0.25) is 0 Å². The van der Waals surface area contributed by atoms with Crippen LogP contribution in [0.4, 0.5) is 0 Å². The minimum Gasteiger partial charge on any atom is -0.493 e. The van der Waals surface area contributed by atoms with Gasteiger partial charge >= 0.3 is 0 Å². The predicted octanol–water partition coefficient (Wildman–Crippen LogP) is 3.11. The van der Waals surface area contributed by atoms with Gasteiger partial charge in [-0.15, -0.1) is 0 Å². The molecule has 1 aromatic carbocycles. The van der Waals surface area contributed by atoms with E-state index < -0.39 is 0 Å². The number of rotatable bonds is 7. The summed E-state index contributed by atoms with van der Waals surface area (Å²) in [6.07, 6.45) is 4.04. The molecule has 0 aliphatic rings. The topological polar surface area (TPSA) is 30.5 Å². The Kier molecular flexibility index (Phi) is 6.29. The lowest BCUT2D eigenvalue weighted by atomic mass is 10.2. The Labute approximate surface area is 110 Å². The van der Waals surface area contributed by atoms with E-state index in [9.17, 15) is 0 Å². The second kappa shape index (κ2) is 7.77. The molecule has 0 fully saturated rings. The van der Waals surface area contributed by atoms with E-state index in [0.29, 0.717) is 12.6 Å². The Bertz CT molecular complexity index is 386. The van der Waals surface area contributed by atoms with Gasteiger partial charge in [-0.2, -0.15) is 0 Å². The summed E-state index contributed by atoms with van der Waals surface area (Å²) in [5.41, 5.74) is 1.11. The molecule has 0 atom stereocenters. The summed E-state index contributed by atoms with van der Waals surface area (Å²) in [7, 11) is 1.66. The number of nitrogens with one attached hydrogen (secondary N) is 1. The van der Waals surface area contributed by atoms with Crippen molar-refractivity contribution >= 4 is 6.08 Å². The van der Waals surface area contributed by atoms with Crippen LogP contribution >= 0.6 is 0 Å². The van der Waals surface area contributed by atoms with Crippen molar-refractivity contribution in [3.8, 4) is 11.5 Å². The van der Waals surface area contributed by atoms with Crippen LogP contribution < -0.4 is 14.8 Å². The monoisotopic (exact) mass is 249 g/mol. The molecule has 0 spiro atoms. The Hall–Kier alpha value is -1.48. The molecule has 0 aliphatic carbocycles. The van der Waals surface area contributed by atoms with Crippen LogP contribution in [0.1, 0.15) is 26.3 Å². The SMILES string of the molecule is CC=Cc1ccc(OCCNC(C)C)c(OC)c1. The first-order valence-corrected chi connectivity index (χ1v) is 6.34. The highest BCUT2D eigenvalue weighted by atomic mass is 16.5. The van der Waals surface area contributed by atoms with Gasteiger partial charge in [0.25, 0.3) is 0 Å². The lowest BCUT2D eigenvalue weighted by Crippen LogP contribution is -2.27. The van der Waals surface area contributed by atoms with Crippen molar-refractivity contribution in [3.05, 3.63) is 29.8 Å². The zero-order chi connectivity index (χ0) is 13.4. The van der Waals surface area contributed by atoms with Crippen molar-refractivity contribution in [2.24, 2.45) is 0 Å². The molecule has 0 radical (unpaired) electrons. The summed E-state index contributed by atoms with van der Waals surface area (Å²) in [6, 6.07) is 6.43. The van der Waals surface area contributed by atoms with Gasteiger partial charge in [0, 0.05) is 12.6 Å². The van der Waals surface area contributed by atoms with Crippen LogP contribution in [0.3, 0.4) is 0 Å². The summed E-state index contributed by atoms with van der Waals surface area (Å²) in [6.45, 7) is 7.70. The van der Waals surface area contributed by atoms with Gasteiger partial charge in [0.15, 0.2) is 11.5 Å². The molecule has 0 amide bonds. The minimum atomic E-state index is 0.479. The number of allylic oxidation sites excluding steroid dienone is 1. The highest BCUT2D eigenvalue weighted by Crippen LogP contribution is 2.28. The lowest BCUT2D eigenvalue weighted by Gasteiger charge is -2.12. The third-order valence-electron chi connectivity index (χ3n) is 2.46. The number of benzene rings is 1. The van der Waals surface area contributed by atoms with Gasteiger partial charge in [0.05, 0.1) is 7.11 Å². The van der Waals surface area contributed by atoms with Crippen LogP contribution in [-0.2, 0) is 0 Å². The molecule has 100 valence electrons. The van der Waals surface area contributed by atoms with E-state index in [1.54, 1.807) is 7.11 Å². The number of hydrogen-bond donors (Lipinski definition) is 1. The van der Waals surface area contributed by atoms with Crippen LogP contribution in [0.5, 0.6) is 11.5 Å². The molecular formula is C15H23NO2. The van der Waals surface area contributed by atoms with Crippen molar-refractivity contribution < 1.29 is 9.47 Å². The molecule has 18 heavy (non-hydrogen) atoms. The third-order valence-corrected chi connectivity index (χ3v) is 2.46. The first-order chi connectivity index (χ1) is 8.67. The maximum absolute atomic E-state index is 5.70. The molecule has 3 heteroatoms. The molecule has 1 N–H and O–H groups in total. The van der Waals surface area contributed by atoms with E-state index in [4.69, 9.17) is 9.47 Å². The Balaban J connectivity index is 2.59. The van der Waals surface area contributed by atoms with Crippen LogP contribution in [0, 0.1) is 0 Å². The highest BCUT2D eigenvalue weighted by Gasteiger charge is 2.04. The van der Waals surface area contributed by atoms with Gasteiger partial charge in [0.1, 0.15) is 6.61 Å². The Morgan fingerprint density at radius 1 is 1.28 bits per heavy atom. The molecule has 1 rings (SSSR count). The van der Waals surface area contributed by atoms with Crippen molar-refractivity contribution in [1.82, 2.24) is 5.32 Å². The number of ether oxygens (including phenoxy) is 2. The van der Waals surface area contributed by atoms with Crippen LogP contribution in [-0.4, -0.2) is 26.3 Å². The zero-order valence-electron chi connectivity index (χ0n) is 11.7. The summed E-state index contributed by atoms with van der Waals surface area (Å²) >= 11 is 0. The second-order valence-electron chi connectivity index (χ2n) is 4.37. The van der Waals surface area contributed by atoms with E-state index in [2.05, 4.69) is 19.2 Å². The summed E-state index contributed by atoms with van der Waals surface area (Å²) in [5.74, 6) is 1.56. The van der Waals surface area contributed by atoms with Crippen LogP contribution in [0.15, 0.2) is 24.3 Å². The molecule has 0 heterocycles. The summed E-state index contributed by atoms with van der Waals surface area (Å²) in [4.78, 5) is 0. The van der Waals surface area contributed by atoms with Gasteiger partial charge in [-0.05, 0) is 24.6 Å². The maximum Gasteiger partial charge on any atom is 0.161 e. The quantitative estimate of drug-likeness (QED) is 0.753. The minimum absolute atomic E-state index is 0.479. The fourth-order valence-corrected chi connectivity index (χ4v) is 1.61. The molecule has 0 saturated carbocycles. The molecule has 1 aromatic rings. The molecule has 0 aliphatic heterocycles. The normalized spacial score (nSPS) is 11.2. The van der Waals surface area contributed by atoms with Crippen LogP contribution in [0.25, 0.3) is 6.08 Å². The molecule has 0 saturated heterocycles. The first kappa shape index (κ1) is 14.6. The van der Waals surface area contributed by atoms with Gasteiger partial charge in [-0.3, -0.25) is 0 Å². The maximum atomic E-state index is 5.70. The third kappa shape index (κ3) is 4.80. The van der Waals surface area contributed by atoms with E-state index >= 15 is 0 Å². The molecular weight excluding hydrogens is 226 g/mol. The predicted molar refractivity (Wildman–Crippen MR) is 76.3 cm³/mol. The molecule has 0 aromatic heterocycles. The van der Waals surface area contributed by atoms with E-state index in [1.807, 2.05) is 37.3 Å². The lowest BCUT2D eigenvalue weighted by molar-refractivity contribution is 0.288. The van der Waals surface area contributed by atoms with Crippen molar-refractivity contribution in [1.29, 1.82) is 0 Å². The average molecular weight is 249 g/mol. The fraction of sp³-hybridized carbons (Fsp3) is 0.467. The molecule has 0 bridgehead atoms. The standard InChI is InChI=1S/C15H23NO2/c1-5-6-13-7-8-14(15(11-13)17-4)18-10-9-16-12(2)3/h5-8,11-12,16H,9-10H2,1-4H3. The van der Waals surface area contributed by atoms with E-state index in [1.165, 1.54) is 0 Å². The van der Waals surface area contributed by atoms with Gasteiger partial charge in [-0.1, -0.05) is 32.1 Å². The van der Waals surface area contributed by atoms with E-state index in [0.717, 1.165) is 23.6 Å². The fourth-order valence-electron chi connectivity index (χ4n) is 1.61. The summed E-state index contributed by atoms with van der Waals surface area (Å²) in [5, 5.41) is 3.31. The summed E-state index contributed by atoms with van der Waals surface area (Å²) < 4.78 is 11.0. The number of methoxy groups -OCH3 is 1.